The van der Waals surface area contributed by atoms with Gasteiger partial charge < -0.3 is 19.3 Å². The zero-order valence-corrected chi connectivity index (χ0v) is 14.0. The summed E-state index contributed by atoms with van der Waals surface area (Å²) >= 11 is 0. The SMILES string of the molecule is COc1cc(OC)cc(Oc2ccc(CN(C)CC(=O)O)cc2)c1. The van der Waals surface area contributed by atoms with Crippen LogP contribution in [0.25, 0.3) is 0 Å². The molecule has 6 heteroatoms. The van der Waals surface area contributed by atoms with Gasteiger partial charge in [0.2, 0.25) is 0 Å². The van der Waals surface area contributed by atoms with Crippen molar-refractivity contribution < 1.29 is 24.1 Å². The predicted octanol–water partition coefficient (Wildman–Crippen LogP) is 3.01. The van der Waals surface area contributed by atoms with E-state index < -0.39 is 5.97 Å². The van der Waals surface area contributed by atoms with Crippen LogP contribution >= 0.6 is 0 Å². The maximum Gasteiger partial charge on any atom is 0.317 e. The Labute approximate surface area is 141 Å². The lowest BCUT2D eigenvalue weighted by atomic mass is 10.2. The molecule has 0 aliphatic heterocycles. The van der Waals surface area contributed by atoms with Crippen LogP contribution in [0, 0.1) is 0 Å². The van der Waals surface area contributed by atoms with Gasteiger partial charge in [-0.15, -0.1) is 0 Å². The molecule has 0 fully saturated rings. The van der Waals surface area contributed by atoms with Gasteiger partial charge in [0.1, 0.15) is 23.0 Å². The molecule has 0 saturated heterocycles. The molecule has 0 unspecified atom stereocenters. The molecule has 0 saturated carbocycles. The molecule has 2 aromatic rings. The summed E-state index contributed by atoms with van der Waals surface area (Å²) in [6.45, 7) is 0.557. The first-order valence-corrected chi connectivity index (χ1v) is 7.40. The lowest BCUT2D eigenvalue weighted by molar-refractivity contribution is -0.138. The normalized spacial score (nSPS) is 10.5. The minimum absolute atomic E-state index is 0.00184. The minimum atomic E-state index is -0.843. The monoisotopic (exact) mass is 331 g/mol. The average Bonchev–Trinajstić information content (AvgIpc) is 2.55. The third-order valence-electron chi connectivity index (χ3n) is 3.34. The number of carbonyl (C=O) groups is 1. The van der Waals surface area contributed by atoms with Crippen LogP contribution in [0.1, 0.15) is 5.56 Å². The summed E-state index contributed by atoms with van der Waals surface area (Å²) in [5.41, 5.74) is 1.01. The average molecular weight is 331 g/mol. The predicted molar refractivity (Wildman–Crippen MR) is 90.0 cm³/mol. The van der Waals surface area contributed by atoms with Gasteiger partial charge in [-0.2, -0.15) is 0 Å². The fourth-order valence-corrected chi connectivity index (χ4v) is 2.24. The molecular weight excluding hydrogens is 310 g/mol. The van der Waals surface area contributed by atoms with Crippen molar-refractivity contribution in [1.29, 1.82) is 0 Å². The van der Waals surface area contributed by atoms with Gasteiger partial charge in [0.25, 0.3) is 0 Å². The van der Waals surface area contributed by atoms with E-state index in [1.165, 1.54) is 0 Å². The Balaban J connectivity index is 2.05. The maximum atomic E-state index is 10.7. The number of methoxy groups -OCH3 is 2. The Morgan fingerprint density at radius 3 is 2.00 bits per heavy atom. The van der Waals surface area contributed by atoms with Crippen LogP contribution in [-0.2, 0) is 11.3 Å². The van der Waals surface area contributed by atoms with Crippen molar-refractivity contribution in [2.75, 3.05) is 27.8 Å². The molecule has 0 radical (unpaired) electrons. The maximum absolute atomic E-state index is 10.7. The second-order valence-corrected chi connectivity index (χ2v) is 5.36. The highest BCUT2D eigenvalue weighted by molar-refractivity contribution is 5.69. The Morgan fingerprint density at radius 1 is 0.958 bits per heavy atom. The van der Waals surface area contributed by atoms with E-state index in [1.807, 2.05) is 24.3 Å². The lowest BCUT2D eigenvalue weighted by Crippen LogP contribution is -2.24. The van der Waals surface area contributed by atoms with Crippen molar-refractivity contribution in [2.45, 2.75) is 6.54 Å². The van der Waals surface area contributed by atoms with Crippen LogP contribution in [0.4, 0.5) is 0 Å². The summed E-state index contributed by atoms with van der Waals surface area (Å²) < 4.78 is 16.3. The molecule has 1 N–H and O–H groups in total. The number of benzene rings is 2. The summed E-state index contributed by atoms with van der Waals surface area (Å²) in [6, 6.07) is 12.8. The summed E-state index contributed by atoms with van der Waals surface area (Å²) in [6.07, 6.45) is 0. The van der Waals surface area contributed by atoms with Crippen molar-refractivity contribution in [3.05, 3.63) is 48.0 Å². The third-order valence-corrected chi connectivity index (χ3v) is 3.34. The number of likely N-dealkylation sites (N-methyl/N-ethyl adjacent to an activating group) is 1. The largest absolute Gasteiger partial charge is 0.496 e. The first-order chi connectivity index (χ1) is 11.5. The lowest BCUT2D eigenvalue weighted by Gasteiger charge is -2.14. The number of rotatable bonds is 8. The number of hydrogen-bond donors (Lipinski definition) is 1. The van der Waals surface area contributed by atoms with E-state index in [0.717, 1.165) is 5.56 Å². The van der Waals surface area contributed by atoms with Gasteiger partial charge in [-0.3, -0.25) is 9.69 Å². The highest BCUT2D eigenvalue weighted by atomic mass is 16.5. The number of carboxylic acids is 1. The number of carboxylic acid groups (broad SMARTS) is 1. The summed E-state index contributed by atoms with van der Waals surface area (Å²) in [7, 11) is 4.93. The highest BCUT2D eigenvalue weighted by Gasteiger charge is 2.07. The van der Waals surface area contributed by atoms with Gasteiger partial charge in [-0.05, 0) is 24.7 Å². The Bertz CT molecular complexity index is 662. The van der Waals surface area contributed by atoms with E-state index >= 15 is 0 Å². The van der Waals surface area contributed by atoms with Gasteiger partial charge in [0.05, 0.1) is 20.8 Å². The molecule has 24 heavy (non-hydrogen) atoms. The highest BCUT2D eigenvalue weighted by Crippen LogP contribution is 2.30. The Hall–Kier alpha value is -2.73. The molecule has 0 aromatic heterocycles. The van der Waals surface area contributed by atoms with Crippen LogP contribution < -0.4 is 14.2 Å². The van der Waals surface area contributed by atoms with E-state index in [1.54, 1.807) is 44.4 Å². The molecule has 0 aliphatic carbocycles. The van der Waals surface area contributed by atoms with Crippen molar-refractivity contribution >= 4 is 5.97 Å². The number of ether oxygens (including phenoxy) is 3. The Morgan fingerprint density at radius 2 is 1.50 bits per heavy atom. The fraction of sp³-hybridized carbons (Fsp3) is 0.278. The quantitative estimate of drug-likeness (QED) is 0.802. The topological polar surface area (TPSA) is 68.2 Å². The number of aliphatic carboxylic acids is 1. The van der Waals surface area contributed by atoms with Crippen LogP contribution in [0.3, 0.4) is 0 Å². The molecular formula is C18H21NO5. The van der Waals surface area contributed by atoms with Crippen molar-refractivity contribution in [2.24, 2.45) is 0 Å². The minimum Gasteiger partial charge on any atom is -0.496 e. The van der Waals surface area contributed by atoms with Gasteiger partial charge >= 0.3 is 5.97 Å². The molecule has 2 rings (SSSR count). The van der Waals surface area contributed by atoms with Crippen molar-refractivity contribution in [3.63, 3.8) is 0 Å². The zero-order chi connectivity index (χ0) is 17.5. The number of nitrogens with zero attached hydrogens (tertiary/aromatic N) is 1. The smallest absolute Gasteiger partial charge is 0.317 e. The summed E-state index contributed by atoms with van der Waals surface area (Å²) in [4.78, 5) is 12.4. The molecule has 0 bridgehead atoms. The van der Waals surface area contributed by atoms with Gasteiger partial charge in [-0.1, -0.05) is 12.1 Å². The van der Waals surface area contributed by atoms with Crippen molar-refractivity contribution in [3.8, 4) is 23.0 Å². The molecule has 0 aliphatic rings. The standard InChI is InChI=1S/C18H21NO5/c1-19(12-18(20)21)11-13-4-6-14(7-5-13)24-17-9-15(22-2)8-16(10-17)23-3/h4-10H,11-12H2,1-3H3,(H,20,21). The second kappa shape index (κ2) is 8.21. The molecule has 128 valence electrons. The van der Waals surface area contributed by atoms with Crippen LogP contribution in [0.15, 0.2) is 42.5 Å². The molecule has 0 spiro atoms. The van der Waals surface area contributed by atoms with E-state index in [0.29, 0.717) is 29.5 Å². The van der Waals surface area contributed by atoms with Gasteiger partial charge in [0, 0.05) is 24.7 Å². The van der Waals surface area contributed by atoms with E-state index in [-0.39, 0.29) is 6.54 Å². The van der Waals surface area contributed by atoms with Gasteiger partial charge in [-0.25, -0.2) is 0 Å². The first-order valence-electron chi connectivity index (χ1n) is 7.40. The number of hydrogen-bond acceptors (Lipinski definition) is 5. The summed E-state index contributed by atoms with van der Waals surface area (Å²) in [5, 5.41) is 8.77. The Kier molecular flexibility index (Phi) is 6.03. The molecule has 0 atom stereocenters. The second-order valence-electron chi connectivity index (χ2n) is 5.36. The molecule has 0 heterocycles. The zero-order valence-electron chi connectivity index (χ0n) is 14.0. The third kappa shape index (κ3) is 5.17. The van der Waals surface area contributed by atoms with Crippen LogP contribution in [0.5, 0.6) is 23.0 Å². The van der Waals surface area contributed by atoms with Crippen LogP contribution in [0.2, 0.25) is 0 Å². The van der Waals surface area contributed by atoms with Crippen LogP contribution in [-0.4, -0.2) is 43.8 Å². The van der Waals surface area contributed by atoms with E-state index in [4.69, 9.17) is 19.3 Å². The summed E-state index contributed by atoms with van der Waals surface area (Å²) in [5.74, 6) is 1.74. The van der Waals surface area contributed by atoms with E-state index in [2.05, 4.69) is 0 Å². The van der Waals surface area contributed by atoms with E-state index in [9.17, 15) is 4.79 Å². The fourth-order valence-electron chi connectivity index (χ4n) is 2.24. The first kappa shape index (κ1) is 17.6. The van der Waals surface area contributed by atoms with Gasteiger partial charge in [0.15, 0.2) is 0 Å². The molecule has 2 aromatic carbocycles. The van der Waals surface area contributed by atoms with Crippen molar-refractivity contribution in [1.82, 2.24) is 4.90 Å². The molecule has 0 amide bonds. The molecule has 6 nitrogen and oxygen atoms in total.